The van der Waals surface area contributed by atoms with Crippen molar-refractivity contribution >= 4 is 21.5 Å². The number of hydrogen-bond acceptors (Lipinski definition) is 7. The molecule has 1 saturated carbocycles. The number of halogens is 2. The summed E-state index contributed by atoms with van der Waals surface area (Å²) in [6, 6.07) is 5.23. The number of aromatic nitrogens is 4. The second kappa shape index (κ2) is 8.82. The summed E-state index contributed by atoms with van der Waals surface area (Å²) < 4.78 is 54.2. The fourth-order valence-corrected chi connectivity index (χ4v) is 5.18. The predicted molar refractivity (Wildman–Crippen MR) is 124 cm³/mol. The normalized spacial score (nSPS) is 22.1. The van der Waals surface area contributed by atoms with E-state index in [1.807, 2.05) is 6.07 Å². The van der Waals surface area contributed by atoms with Crippen LogP contribution in [0.2, 0.25) is 0 Å². The van der Waals surface area contributed by atoms with Crippen LogP contribution in [0.1, 0.15) is 31.8 Å². The van der Waals surface area contributed by atoms with Gasteiger partial charge in [0.25, 0.3) is 6.43 Å². The van der Waals surface area contributed by atoms with E-state index in [4.69, 9.17) is 4.98 Å². The van der Waals surface area contributed by atoms with Crippen molar-refractivity contribution in [3.05, 3.63) is 42.4 Å². The van der Waals surface area contributed by atoms with Crippen molar-refractivity contribution in [2.75, 3.05) is 30.8 Å². The second-order valence-corrected chi connectivity index (χ2v) is 10.8. The lowest BCUT2D eigenvalue weighted by Crippen LogP contribution is -2.62. The second-order valence-electron chi connectivity index (χ2n) is 8.96. The molecular weight excluding hydrogens is 464 g/mol. The monoisotopic (exact) mass is 491 g/mol. The van der Waals surface area contributed by atoms with Crippen LogP contribution in [0.4, 0.5) is 14.6 Å². The quantitative estimate of drug-likeness (QED) is 0.542. The van der Waals surface area contributed by atoms with Gasteiger partial charge < -0.3 is 4.90 Å². The van der Waals surface area contributed by atoms with Crippen molar-refractivity contribution in [3.8, 4) is 11.5 Å². The van der Waals surface area contributed by atoms with Crippen molar-refractivity contribution in [1.29, 1.82) is 0 Å². The highest BCUT2D eigenvalue weighted by molar-refractivity contribution is 7.88. The summed E-state index contributed by atoms with van der Waals surface area (Å²) in [6.07, 6.45) is 5.44. The van der Waals surface area contributed by atoms with Gasteiger partial charge in [-0.25, -0.2) is 36.9 Å². The lowest BCUT2D eigenvalue weighted by atomic mass is 10.0. The number of pyridine rings is 1. The Kier molecular flexibility index (Phi) is 5.98. The standard InChI is InChI=1S/C22H27F2N7O2S/c1-14-17(12-27-34(2,32)33)30(16-4-5-16)10-9-29(14)20-7-8-25-22(28-20)18-11-26-19-6-3-15(21(23)24)13-31(18)19/h3,6-8,11,13-14,16-17,21,27H,4-5,9-10,12H2,1-2H3/t14-,17+/m1/s1. The molecule has 0 amide bonds. The van der Waals surface area contributed by atoms with Gasteiger partial charge in [-0.1, -0.05) is 0 Å². The number of sulfonamides is 1. The zero-order valence-corrected chi connectivity index (χ0v) is 19.8. The molecule has 2 fully saturated rings. The van der Waals surface area contributed by atoms with Gasteiger partial charge >= 0.3 is 0 Å². The van der Waals surface area contributed by atoms with Gasteiger partial charge in [-0.2, -0.15) is 0 Å². The van der Waals surface area contributed by atoms with Gasteiger partial charge in [-0.15, -0.1) is 0 Å². The van der Waals surface area contributed by atoms with Gasteiger partial charge in [0, 0.05) is 55.7 Å². The van der Waals surface area contributed by atoms with Gasteiger partial charge in [-0.05, 0) is 38.0 Å². The van der Waals surface area contributed by atoms with Gasteiger partial charge in [0.2, 0.25) is 10.0 Å². The molecule has 1 saturated heterocycles. The molecule has 1 aliphatic heterocycles. The Bertz CT molecular complexity index is 1300. The molecular formula is C22H27F2N7O2S. The van der Waals surface area contributed by atoms with Crippen LogP contribution in [0.25, 0.3) is 17.2 Å². The summed E-state index contributed by atoms with van der Waals surface area (Å²) in [7, 11) is -3.31. The molecule has 1 N–H and O–H groups in total. The Morgan fingerprint density at radius 2 is 1.97 bits per heavy atom. The molecule has 0 radical (unpaired) electrons. The minimum absolute atomic E-state index is 0.000953. The Hall–Kier alpha value is -2.70. The number of nitrogens with one attached hydrogen (secondary N) is 1. The van der Waals surface area contributed by atoms with Gasteiger partial charge in [0.1, 0.15) is 17.2 Å². The van der Waals surface area contributed by atoms with Crippen LogP contribution in [0.3, 0.4) is 0 Å². The number of piperazine rings is 1. The average Bonchev–Trinajstić information content (AvgIpc) is 3.55. The molecule has 3 aromatic heterocycles. The Labute approximate surface area is 196 Å². The summed E-state index contributed by atoms with van der Waals surface area (Å²) in [6.45, 7) is 3.95. The lowest BCUT2D eigenvalue weighted by Gasteiger charge is -2.47. The minimum atomic E-state index is -3.31. The van der Waals surface area contributed by atoms with E-state index in [2.05, 4.69) is 31.4 Å². The molecule has 0 spiro atoms. The third kappa shape index (κ3) is 4.62. The summed E-state index contributed by atoms with van der Waals surface area (Å²) in [5.74, 6) is 1.09. The topological polar surface area (TPSA) is 95.7 Å². The molecule has 3 aromatic rings. The van der Waals surface area contributed by atoms with E-state index in [9.17, 15) is 17.2 Å². The van der Waals surface area contributed by atoms with Crippen LogP contribution in [-0.4, -0.2) is 76.7 Å². The van der Waals surface area contributed by atoms with Crippen LogP contribution >= 0.6 is 0 Å². The van der Waals surface area contributed by atoms with Gasteiger partial charge in [-0.3, -0.25) is 9.30 Å². The maximum absolute atomic E-state index is 13.2. The van der Waals surface area contributed by atoms with Crippen LogP contribution in [0, 0.1) is 0 Å². The van der Waals surface area contributed by atoms with Crippen LogP contribution in [-0.2, 0) is 10.0 Å². The van der Waals surface area contributed by atoms with Gasteiger partial charge in [0.15, 0.2) is 5.82 Å². The number of fused-ring (bicyclic) bond motifs is 1. The maximum Gasteiger partial charge on any atom is 0.265 e. The van der Waals surface area contributed by atoms with Crippen molar-refractivity contribution in [1.82, 2.24) is 29.0 Å². The predicted octanol–water partition coefficient (Wildman–Crippen LogP) is 2.32. The van der Waals surface area contributed by atoms with Gasteiger partial charge in [0.05, 0.1) is 12.5 Å². The molecule has 0 unspecified atom stereocenters. The number of rotatable bonds is 7. The highest BCUT2D eigenvalue weighted by Gasteiger charge is 2.41. The number of alkyl halides is 2. The summed E-state index contributed by atoms with van der Waals surface area (Å²) in [4.78, 5) is 18.0. The lowest BCUT2D eigenvalue weighted by molar-refractivity contribution is 0.138. The largest absolute Gasteiger partial charge is 0.351 e. The molecule has 9 nitrogen and oxygen atoms in total. The van der Waals surface area contributed by atoms with E-state index in [1.54, 1.807) is 22.9 Å². The first-order valence-corrected chi connectivity index (χ1v) is 13.2. The number of imidazole rings is 1. The number of nitrogens with zero attached hydrogens (tertiary/aromatic N) is 6. The first-order chi connectivity index (χ1) is 16.2. The van der Waals surface area contributed by atoms with E-state index in [0.29, 0.717) is 35.6 Å². The summed E-state index contributed by atoms with van der Waals surface area (Å²) >= 11 is 0. The zero-order valence-electron chi connectivity index (χ0n) is 19.0. The smallest absolute Gasteiger partial charge is 0.265 e. The number of anilines is 1. The van der Waals surface area contributed by atoms with Crippen LogP contribution in [0.15, 0.2) is 36.8 Å². The minimum Gasteiger partial charge on any atom is -0.351 e. The maximum atomic E-state index is 13.2. The first kappa shape index (κ1) is 23.1. The fourth-order valence-electron chi connectivity index (χ4n) is 4.71. The third-order valence-electron chi connectivity index (χ3n) is 6.59. The highest BCUT2D eigenvalue weighted by atomic mass is 32.2. The van der Waals surface area contributed by atoms with E-state index in [-0.39, 0.29) is 17.6 Å². The summed E-state index contributed by atoms with van der Waals surface area (Å²) in [5.41, 5.74) is 0.958. The molecule has 1 aliphatic carbocycles. The van der Waals surface area contributed by atoms with E-state index >= 15 is 0 Å². The number of hydrogen-bond donors (Lipinski definition) is 1. The Morgan fingerprint density at radius 1 is 1.18 bits per heavy atom. The Morgan fingerprint density at radius 3 is 2.68 bits per heavy atom. The van der Waals surface area contributed by atoms with Crippen LogP contribution in [0.5, 0.6) is 0 Å². The average molecular weight is 492 g/mol. The molecule has 182 valence electrons. The highest BCUT2D eigenvalue weighted by Crippen LogP contribution is 2.34. The van der Waals surface area contributed by atoms with Crippen molar-refractivity contribution < 1.29 is 17.2 Å². The van der Waals surface area contributed by atoms with Crippen molar-refractivity contribution in [2.24, 2.45) is 0 Å². The van der Waals surface area contributed by atoms with Crippen LogP contribution < -0.4 is 9.62 Å². The van der Waals surface area contributed by atoms with Crippen molar-refractivity contribution in [2.45, 2.75) is 44.3 Å². The molecule has 34 heavy (non-hydrogen) atoms. The molecule has 12 heteroatoms. The SMILES string of the molecule is C[C@@H]1[C@H](CNS(C)(=O)=O)N(C2CC2)CCN1c1ccnc(-c2cnc3ccc(C(F)F)cn23)n1. The third-order valence-corrected chi connectivity index (χ3v) is 7.28. The molecule has 5 rings (SSSR count). The van der Waals surface area contributed by atoms with E-state index in [1.165, 1.54) is 18.5 Å². The molecule has 0 bridgehead atoms. The summed E-state index contributed by atoms with van der Waals surface area (Å²) in [5, 5.41) is 0. The van der Waals surface area contributed by atoms with Crippen molar-refractivity contribution in [3.63, 3.8) is 0 Å². The first-order valence-electron chi connectivity index (χ1n) is 11.3. The zero-order chi connectivity index (χ0) is 24.0. The van der Waals surface area contributed by atoms with E-state index in [0.717, 1.165) is 25.9 Å². The molecule has 2 atom stereocenters. The Balaban J connectivity index is 1.45. The molecule has 2 aliphatic rings. The molecule has 4 heterocycles. The fraction of sp³-hybridized carbons (Fsp3) is 0.500. The van der Waals surface area contributed by atoms with E-state index < -0.39 is 16.4 Å². The molecule has 0 aromatic carbocycles.